The summed E-state index contributed by atoms with van der Waals surface area (Å²) in [6.45, 7) is 2.54. The van der Waals surface area contributed by atoms with Gasteiger partial charge in [0.05, 0.1) is 12.1 Å². The van der Waals surface area contributed by atoms with Crippen LogP contribution in [0.15, 0.2) is 0 Å². The minimum absolute atomic E-state index is 0.146. The topological polar surface area (TPSA) is 177 Å². The molecule has 1 saturated carbocycles. The van der Waals surface area contributed by atoms with Gasteiger partial charge < -0.3 is 31.5 Å². The summed E-state index contributed by atoms with van der Waals surface area (Å²) in [5.74, 6) is -3.38. The van der Waals surface area contributed by atoms with E-state index in [2.05, 4.69) is 16.0 Å². The predicted octanol–water partition coefficient (Wildman–Crippen LogP) is -1.21. The van der Waals surface area contributed by atoms with Crippen molar-refractivity contribution < 1.29 is 33.8 Å². The minimum atomic E-state index is -1.30. The van der Waals surface area contributed by atoms with E-state index in [1.54, 1.807) is 0 Å². The Hall–Kier alpha value is -2.69. The van der Waals surface area contributed by atoms with Crippen molar-refractivity contribution >= 4 is 29.6 Å². The number of carboxylic acid groups (broad SMARTS) is 1. The number of ether oxygens (including phenoxy) is 1. The molecule has 1 fully saturated rings. The van der Waals surface area contributed by atoms with Crippen molar-refractivity contribution in [3.8, 4) is 0 Å². The molecule has 0 heterocycles. The fraction of sp³-hybridized carbons (Fsp3) is 0.722. The molecular weight excluding hydrogens is 384 g/mol. The van der Waals surface area contributed by atoms with Gasteiger partial charge in [-0.15, -0.1) is 0 Å². The van der Waals surface area contributed by atoms with Crippen molar-refractivity contribution in [1.82, 2.24) is 16.0 Å². The average molecular weight is 414 g/mol. The fourth-order valence-corrected chi connectivity index (χ4v) is 3.09. The van der Waals surface area contributed by atoms with Crippen LogP contribution in [0.25, 0.3) is 0 Å². The summed E-state index contributed by atoms with van der Waals surface area (Å²) in [4.78, 5) is 57.5. The van der Waals surface area contributed by atoms with Crippen LogP contribution in [-0.4, -0.2) is 65.5 Å². The van der Waals surface area contributed by atoms with Crippen molar-refractivity contribution in [1.29, 1.82) is 0 Å². The molecule has 0 aliphatic heterocycles. The van der Waals surface area contributed by atoms with E-state index in [1.165, 1.54) is 13.8 Å². The van der Waals surface area contributed by atoms with Gasteiger partial charge in [0.2, 0.25) is 23.6 Å². The first kappa shape index (κ1) is 24.3. The second-order valence-corrected chi connectivity index (χ2v) is 7.13. The van der Waals surface area contributed by atoms with Crippen LogP contribution in [0, 0.1) is 0 Å². The molecule has 4 atom stereocenters. The summed E-state index contributed by atoms with van der Waals surface area (Å²) in [5, 5.41) is 16.6. The van der Waals surface area contributed by atoms with Gasteiger partial charge in [-0.1, -0.05) is 12.8 Å². The Labute approximate surface area is 169 Å². The lowest BCUT2D eigenvalue weighted by Gasteiger charge is -2.31. The molecule has 0 unspecified atom stereocenters. The summed E-state index contributed by atoms with van der Waals surface area (Å²) >= 11 is 0. The van der Waals surface area contributed by atoms with E-state index in [1.807, 2.05) is 0 Å². The standard InChI is InChI=1S/C18H30N4O7/c1-10(17(26)22-13(18(27)28)7-8-15(19)24)20-16(25)9-29-14-6-4-3-5-12(14)21-11(2)23/h10,12-14H,3-9H2,1-2H3,(H2,19,24)(H,20,25)(H,21,23)(H,22,26)(H,27,28)/t10-,12+,13+,14+/m0/s1. The van der Waals surface area contributed by atoms with E-state index in [4.69, 9.17) is 15.6 Å². The largest absolute Gasteiger partial charge is 0.480 e. The zero-order valence-electron chi connectivity index (χ0n) is 16.7. The zero-order chi connectivity index (χ0) is 22.0. The second kappa shape index (κ2) is 12.0. The van der Waals surface area contributed by atoms with Crippen LogP contribution >= 0.6 is 0 Å². The first-order valence-electron chi connectivity index (χ1n) is 9.59. The third-order valence-electron chi connectivity index (χ3n) is 4.58. The zero-order valence-corrected chi connectivity index (χ0v) is 16.7. The maximum Gasteiger partial charge on any atom is 0.326 e. The number of aliphatic carboxylic acids is 1. The van der Waals surface area contributed by atoms with E-state index < -0.39 is 35.8 Å². The normalized spacial score (nSPS) is 20.8. The molecule has 11 heteroatoms. The van der Waals surface area contributed by atoms with Crippen LogP contribution in [0.2, 0.25) is 0 Å². The van der Waals surface area contributed by atoms with E-state index in [9.17, 15) is 24.0 Å². The lowest BCUT2D eigenvalue weighted by Crippen LogP contribution is -2.51. The highest BCUT2D eigenvalue weighted by molar-refractivity contribution is 5.90. The molecule has 1 aliphatic carbocycles. The van der Waals surface area contributed by atoms with Gasteiger partial charge in [-0.2, -0.15) is 0 Å². The number of nitrogens with two attached hydrogens (primary N) is 1. The Morgan fingerprint density at radius 3 is 2.38 bits per heavy atom. The van der Waals surface area contributed by atoms with Crippen LogP contribution in [-0.2, 0) is 28.7 Å². The van der Waals surface area contributed by atoms with Gasteiger partial charge in [0.1, 0.15) is 18.7 Å². The summed E-state index contributed by atoms with van der Waals surface area (Å²) in [7, 11) is 0. The summed E-state index contributed by atoms with van der Waals surface area (Å²) in [6, 6.07) is -2.44. The van der Waals surface area contributed by atoms with Gasteiger partial charge in [-0.05, 0) is 26.2 Å². The Morgan fingerprint density at radius 1 is 1.14 bits per heavy atom. The maximum absolute atomic E-state index is 12.1. The van der Waals surface area contributed by atoms with E-state index in [0.29, 0.717) is 6.42 Å². The number of nitrogens with one attached hydrogen (secondary N) is 3. The molecular formula is C18H30N4O7. The van der Waals surface area contributed by atoms with Crippen LogP contribution < -0.4 is 21.7 Å². The van der Waals surface area contributed by atoms with E-state index in [-0.39, 0.29) is 37.5 Å². The highest BCUT2D eigenvalue weighted by Gasteiger charge is 2.28. The molecule has 29 heavy (non-hydrogen) atoms. The summed E-state index contributed by atoms with van der Waals surface area (Å²) < 4.78 is 5.62. The minimum Gasteiger partial charge on any atom is -0.480 e. The van der Waals surface area contributed by atoms with Crippen molar-refractivity contribution in [2.24, 2.45) is 5.73 Å². The molecule has 11 nitrogen and oxygen atoms in total. The lowest BCUT2D eigenvalue weighted by molar-refractivity contribution is -0.142. The third-order valence-corrected chi connectivity index (χ3v) is 4.58. The third kappa shape index (κ3) is 9.37. The van der Waals surface area contributed by atoms with Crippen molar-refractivity contribution in [2.45, 2.75) is 76.6 Å². The van der Waals surface area contributed by atoms with Gasteiger partial charge in [0.25, 0.3) is 0 Å². The summed E-state index contributed by atoms with van der Waals surface area (Å²) in [6.07, 6.45) is 2.76. The van der Waals surface area contributed by atoms with Gasteiger partial charge in [-0.25, -0.2) is 4.79 Å². The van der Waals surface area contributed by atoms with Crippen LogP contribution in [0.5, 0.6) is 0 Å². The quantitative estimate of drug-likeness (QED) is 0.281. The number of hydrogen-bond donors (Lipinski definition) is 5. The molecule has 0 aromatic heterocycles. The van der Waals surface area contributed by atoms with Crippen molar-refractivity contribution in [3.63, 3.8) is 0 Å². The highest BCUT2D eigenvalue weighted by atomic mass is 16.5. The number of carbonyl (C=O) groups is 5. The van der Waals surface area contributed by atoms with Crippen molar-refractivity contribution in [2.75, 3.05) is 6.61 Å². The number of carboxylic acids is 1. The molecule has 0 spiro atoms. The molecule has 1 rings (SSSR count). The molecule has 0 bridgehead atoms. The molecule has 0 aromatic carbocycles. The van der Waals surface area contributed by atoms with E-state index >= 15 is 0 Å². The molecule has 1 aliphatic rings. The lowest BCUT2D eigenvalue weighted by atomic mass is 9.92. The van der Waals surface area contributed by atoms with E-state index in [0.717, 1.165) is 19.3 Å². The highest BCUT2D eigenvalue weighted by Crippen LogP contribution is 2.21. The SMILES string of the molecule is CC(=O)N[C@@H]1CCCC[C@H]1OCC(=O)N[C@@H](C)C(=O)N[C@H](CCC(N)=O)C(=O)O. The van der Waals surface area contributed by atoms with Crippen LogP contribution in [0.3, 0.4) is 0 Å². The Balaban J connectivity index is 2.47. The maximum atomic E-state index is 12.1. The molecule has 4 amide bonds. The smallest absolute Gasteiger partial charge is 0.326 e. The van der Waals surface area contributed by atoms with Gasteiger partial charge in [0.15, 0.2) is 0 Å². The van der Waals surface area contributed by atoms with Gasteiger partial charge in [0, 0.05) is 13.3 Å². The molecule has 6 N–H and O–H groups in total. The Morgan fingerprint density at radius 2 is 1.79 bits per heavy atom. The number of amides is 4. The first-order valence-corrected chi connectivity index (χ1v) is 9.59. The van der Waals surface area contributed by atoms with Crippen LogP contribution in [0.1, 0.15) is 52.4 Å². The Bertz CT molecular complexity index is 625. The summed E-state index contributed by atoms with van der Waals surface area (Å²) in [5.41, 5.74) is 4.99. The van der Waals surface area contributed by atoms with Gasteiger partial charge >= 0.3 is 5.97 Å². The Kier molecular flexibility index (Phi) is 10.1. The number of carbonyl (C=O) groups excluding carboxylic acids is 4. The van der Waals surface area contributed by atoms with Crippen molar-refractivity contribution in [3.05, 3.63) is 0 Å². The molecule has 0 aromatic rings. The number of primary amides is 1. The number of rotatable bonds is 11. The number of hydrogen-bond acceptors (Lipinski definition) is 6. The first-order chi connectivity index (χ1) is 13.6. The predicted molar refractivity (Wildman–Crippen MR) is 101 cm³/mol. The molecule has 164 valence electrons. The monoisotopic (exact) mass is 414 g/mol. The second-order valence-electron chi connectivity index (χ2n) is 7.13. The fourth-order valence-electron chi connectivity index (χ4n) is 3.09. The van der Waals surface area contributed by atoms with Crippen LogP contribution in [0.4, 0.5) is 0 Å². The molecule has 0 radical (unpaired) electrons. The average Bonchev–Trinajstić information content (AvgIpc) is 2.63. The molecule has 0 saturated heterocycles. The van der Waals surface area contributed by atoms with Gasteiger partial charge in [-0.3, -0.25) is 19.2 Å².